The molecule has 0 saturated heterocycles. The van der Waals surface area contributed by atoms with Crippen molar-refractivity contribution < 1.29 is 9.59 Å². The first-order chi connectivity index (χ1) is 8.56. The van der Waals surface area contributed by atoms with Gasteiger partial charge in [0.25, 0.3) is 0 Å². The lowest BCUT2D eigenvalue weighted by atomic mass is 10.2. The zero-order valence-corrected chi connectivity index (χ0v) is 11.4. The maximum atomic E-state index is 11.3. The molecule has 0 fully saturated rings. The molecular weight excluding hydrogens is 228 g/mol. The number of amides is 2. The Morgan fingerprint density at radius 2 is 1.44 bits per heavy atom. The van der Waals surface area contributed by atoms with Gasteiger partial charge in [0.05, 0.1) is 0 Å². The van der Waals surface area contributed by atoms with Gasteiger partial charge in [0.1, 0.15) is 0 Å². The fraction of sp³-hybridized carbons (Fsp3) is 0.571. The van der Waals surface area contributed by atoms with Crippen molar-refractivity contribution in [3.8, 4) is 0 Å². The second kappa shape index (κ2) is 10.6. The second-order valence-electron chi connectivity index (χ2n) is 4.42. The Labute approximate surface area is 110 Å². The lowest BCUT2D eigenvalue weighted by Crippen LogP contribution is -2.23. The molecule has 0 spiro atoms. The molecule has 0 aromatic carbocycles. The molecule has 4 nitrogen and oxygen atoms in total. The summed E-state index contributed by atoms with van der Waals surface area (Å²) in [6.45, 7) is 8.58. The van der Waals surface area contributed by atoms with Crippen LogP contribution in [0.25, 0.3) is 0 Å². The van der Waals surface area contributed by atoms with E-state index in [1.54, 1.807) is 6.08 Å². The summed E-state index contributed by atoms with van der Waals surface area (Å²) in [5.74, 6) is -0.141. The minimum absolute atomic E-state index is 0.0201. The molecule has 2 amide bonds. The standard InChI is InChI=1S/C14H24N2O2/c1-4-13(17)15-9-7-5-6-8-10-16-14(18)11-12(2)3/h4,11H,1,5-10H2,2-3H3,(H,15,17)(H,16,18). The van der Waals surface area contributed by atoms with Crippen molar-refractivity contribution >= 4 is 11.8 Å². The molecule has 18 heavy (non-hydrogen) atoms. The molecule has 0 atom stereocenters. The summed E-state index contributed by atoms with van der Waals surface area (Å²) in [4.78, 5) is 22.1. The Morgan fingerprint density at radius 3 is 1.89 bits per heavy atom. The number of hydrogen-bond donors (Lipinski definition) is 2. The second-order valence-corrected chi connectivity index (χ2v) is 4.42. The van der Waals surface area contributed by atoms with E-state index in [4.69, 9.17) is 0 Å². The number of unbranched alkanes of at least 4 members (excludes halogenated alkanes) is 3. The smallest absolute Gasteiger partial charge is 0.243 e. The van der Waals surface area contributed by atoms with Crippen molar-refractivity contribution in [3.05, 3.63) is 24.3 Å². The minimum Gasteiger partial charge on any atom is -0.353 e. The predicted molar refractivity (Wildman–Crippen MR) is 74.1 cm³/mol. The van der Waals surface area contributed by atoms with Gasteiger partial charge < -0.3 is 10.6 Å². The number of allylic oxidation sites excluding steroid dienone is 1. The first-order valence-electron chi connectivity index (χ1n) is 6.39. The van der Waals surface area contributed by atoms with E-state index in [0.717, 1.165) is 31.3 Å². The van der Waals surface area contributed by atoms with Gasteiger partial charge in [-0.15, -0.1) is 0 Å². The van der Waals surface area contributed by atoms with Gasteiger partial charge in [-0.2, -0.15) is 0 Å². The highest BCUT2D eigenvalue weighted by Gasteiger charge is 1.96. The van der Waals surface area contributed by atoms with E-state index in [-0.39, 0.29) is 11.8 Å². The van der Waals surface area contributed by atoms with Crippen molar-refractivity contribution in [2.45, 2.75) is 39.5 Å². The Kier molecular flexibility index (Phi) is 9.64. The highest BCUT2D eigenvalue weighted by atomic mass is 16.2. The molecular formula is C14H24N2O2. The lowest BCUT2D eigenvalue weighted by molar-refractivity contribution is -0.117. The molecule has 0 rings (SSSR count). The van der Waals surface area contributed by atoms with E-state index in [9.17, 15) is 9.59 Å². The molecule has 0 unspecified atom stereocenters. The number of carbonyl (C=O) groups excluding carboxylic acids is 2. The van der Waals surface area contributed by atoms with Crippen LogP contribution in [-0.4, -0.2) is 24.9 Å². The van der Waals surface area contributed by atoms with Crippen molar-refractivity contribution in [1.29, 1.82) is 0 Å². The van der Waals surface area contributed by atoms with Crippen LogP contribution in [0.4, 0.5) is 0 Å². The Bertz CT molecular complexity index is 305. The summed E-state index contributed by atoms with van der Waals surface area (Å²) in [5, 5.41) is 5.56. The summed E-state index contributed by atoms with van der Waals surface area (Å²) >= 11 is 0. The summed E-state index contributed by atoms with van der Waals surface area (Å²) < 4.78 is 0. The highest BCUT2D eigenvalue weighted by Crippen LogP contribution is 1.98. The molecule has 0 saturated carbocycles. The predicted octanol–water partition coefficient (Wildman–Crippen LogP) is 1.93. The number of rotatable bonds is 9. The third kappa shape index (κ3) is 10.9. The van der Waals surface area contributed by atoms with Crippen LogP contribution in [0.1, 0.15) is 39.5 Å². The van der Waals surface area contributed by atoms with E-state index in [2.05, 4.69) is 17.2 Å². The normalized spacial score (nSPS) is 9.44. The SMILES string of the molecule is C=CC(=O)NCCCCCCNC(=O)C=C(C)C. The monoisotopic (exact) mass is 252 g/mol. The molecule has 0 aliphatic rings. The molecule has 0 heterocycles. The van der Waals surface area contributed by atoms with Gasteiger partial charge in [-0.3, -0.25) is 9.59 Å². The van der Waals surface area contributed by atoms with Gasteiger partial charge in [0, 0.05) is 19.2 Å². The van der Waals surface area contributed by atoms with E-state index in [1.165, 1.54) is 6.08 Å². The molecule has 0 bridgehead atoms. The van der Waals surface area contributed by atoms with E-state index in [0.29, 0.717) is 13.1 Å². The van der Waals surface area contributed by atoms with Crippen LogP contribution in [0.5, 0.6) is 0 Å². The zero-order valence-electron chi connectivity index (χ0n) is 11.4. The number of carbonyl (C=O) groups is 2. The first-order valence-corrected chi connectivity index (χ1v) is 6.39. The van der Waals surface area contributed by atoms with Gasteiger partial charge in [-0.05, 0) is 32.8 Å². The molecule has 4 heteroatoms. The Balaban J connectivity index is 3.31. The number of nitrogens with one attached hydrogen (secondary N) is 2. The first kappa shape index (κ1) is 16.4. The summed E-state index contributed by atoms with van der Waals surface area (Å²) in [6, 6.07) is 0. The van der Waals surface area contributed by atoms with Crippen LogP contribution in [0.15, 0.2) is 24.3 Å². The van der Waals surface area contributed by atoms with Gasteiger partial charge in [0.2, 0.25) is 11.8 Å². The van der Waals surface area contributed by atoms with Crippen LogP contribution in [0.3, 0.4) is 0 Å². The molecule has 0 aliphatic carbocycles. The maximum Gasteiger partial charge on any atom is 0.243 e. The van der Waals surface area contributed by atoms with Crippen LogP contribution < -0.4 is 10.6 Å². The molecule has 0 aliphatic heterocycles. The maximum absolute atomic E-state index is 11.3. The topological polar surface area (TPSA) is 58.2 Å². The zero-order chi connectivity index (χ0) is 13.8. The molecule has 102 valence electrons. The molecule has 0 aromatic heterocycles. The van der Waals surface area contributed by atoms with Gasteiger partial charge in [-0.25, -0.2) is 0 Å². The molecule has 0 radical (unpaired) electrons. The third-order valence-electron chi connectivity index (χ3n) is 2.31. The fourth-order valence-corrected chi connectivity index (χ4v) is 1.41. The Morgan fingerprint density at radius 1 is 0.944 bits per heavy atom. The fourth-order valence-electron chi connectivity index (χ4n) is 1.41. The number of hydrogen-bond acceptors (Lipinski definition) is 2. The summed E-state index contributed by atoms with van der Waals surface area (Å²) in [7, 11) is 0. The van der Waals surface area contributed by atoms with Crippen LogP contribution >= 0.6 is 0 Å². The van der Waals surface area contributed by atoms with E-state index >= 15 is 0 Å². The van der Waals surface area contributed by atoms with Crippen molar-refractivity contribution in [3.63, 3.8) is 0 Å². The average Bonchev–Trinajstić information content (AvgIpc) is 2.31. The van der Waals surface area contributed by atoms with E-state index < -0.39 is 0 Å². The molecule has 0 aromatic rings. The van der Waals surface area contributed by atoms with Crippen molar-refractivity contribution in [2.75, 3.05) is 13.1 Å². The van der Waals surface area contributed by atoms with Gasteiger partial charge in [-0.1, -0.05) is 25.0 Å². The van der Waals surface area contributed by atoms with Gasteiger partial charge in [0.15, 0.2) is 0 Å². The lowest BCUT2D eigenvalue weighted by Gasteiger charge is -2.04. The van der Waals surface area contributed by atoms with Crippen LogP contribution in [0, 0.1) is 0 Å². The summed E-state index contributed by atoms with van der Waals surface area (Å²) in [5.41, 5.74) is 1.01. The van der Waals surface area contributed by atoms with Gasteiger partial charge >= 0.3 is 0 Å². The largest absolute Gasteiger partial charge is 0.353 e. The highest BCUT2D eigenvalue weighted by molar-refractivity contribution is 5.88. The Hall–Kier alpha value is -1.58. The third-order valence-corrected chi connectivity index (χ3v) is 2.31. The van der Waals surface area contributed by atoms with E-state index in [1.807, 2.05) is 13.8 Å². The minimum atomic E-state index is -0.121. The van der Waals surface area contributed by atoms with Crippen molar-refractivity contribution in [2.24, 2.45) is 0 Å². The summed E-state index contributed by atoms with van der Waals surface area (Å²) in [6.07, 6.45) is 6.91. The van der Waals surface area contributed by atoms with Crippen molar-refractivity contribution in [1.82, 2.24) is 10.6 Å². The molecule has 2 N–H and O–H groups in total. The van der Waals surface area contributed by atoms with Crippen LogP contribution in [-0.2, 0) is 9.59 Å². The van der Waals surface area contributed by atoms with Crippen LogP contribution in [0.2, 0.25) is 0 Å². The average molecular weight is 252 g/mol. The quantitative estimate of drug-likeness (QED) is 0.486.